The molecule has 1 atom stereocenters. The zero-order valence-corrected chi connectivity index (χ0v) is 24.2. The summed E-state index contributed by atoms with van der Waals surface area (Å²) in [6.07, 6.45) is 0.419. The zero-order chi connectivity index (χ0) is 28.0. The van der Waals surface area contributed by atoms with Gasteiger partial charge in [-0.1, -0.05) is 11.6 Å². The lowest BCUT2D eigenvalue weighted by Gasteiger charge is -2.39. The van der Waals surface area contributed by atoms with E-state index in [4.69, 9.17) is 16.3 Å². The number of aliphatic imine (C=N–C) groups is 1. The summed E-state index contributed by atoms with van der Waals surface area (Å²) in [6, 6.07) is 5.24. The first-order chi connectivity index (χ1) is 16.8. The van der Waals surface area contributed by atoms with E-state index in [2.05, 4.69) is 36.5 Å². The number of carbonyl (C=O) groups excluding carboxylic acids is 2. The molecule has 1 aromatic heterocycles. The van der Waals surface area contributed by atoms with Crippen molar-refractivity contribution in [2.75, 3.05) is 11.1 Å². The summed E-state index contributed by atoms with van der Waals surface area (Å²) in [5, 5.41) is 5.39. The molecule has 0 fully saturated rings. The number of amidine groups is 1. The lowest BCUT2D eigenvalue weighted by Crippen LogP contribution is -2.58. The van der Waals surface area contributed by atoms with Gasteiger partial charge < -0.3 is 10.1 Å². The Bertz CT molecular complexity index is 1410. The van der Waals surface area contributed by atoms with Gasteiger partial charge in [0.25, 0.3) is 5.91 Å². The van der Waals surface area contributed by atoms with Crippen LogP contribution in [0.25, 0.3) is 0 Å². The van der Waals surface area contributed by atoms with E-state index in [9.17, 15) is 18.0 Å². The molecule has 1 aromatic carbocycles. The predicted molar refractivity (Wildman–Crippen MR) is 143 cm³/mol. The predicted octanol–water partition coefficient (Wildman–Crippen LogP) is 5.23. The second kappa shape index (κ2) is 9.95. The molecule has 0 saturated carbocycles. The Labute approximate surface area is 228 Å². The van der Waals surface area contributed by atoms with Gasteiger partial charge in [-0.25, -0.2) is 22.6 Å². The number of nitrogens with zero attached hydrogens (tertiary/aromatic N) is 2. The fraction of sp³-hybridized carbons (Fsp3) is 0.417. The molecule has 2 heterocycles. The van der Waals surface area contributed by atoms with Gasteiger partial charge in [0, 0.05) is 17.4 Å². The number of amides is 2. The zero-order valence-electron chi connectivity index (χ0n) is 21.1. The number of sulfone groups is 1. The van der Waals surface area contributed by atoms with Crippen LogP contribution in [0.5, 0.6) is 0 Å². The minimum atomic E-state index is -3.94. The highest BCUT2D eigenvalue weighted by Gasteiger charge is 2.51. The van der Waals surface area contributed by atoms with E-state index in [0.717, 1.165) is 6.07 Å². The normalized spacial score (nSPS) is 20.5. The van der Waals surface area contributed by atoms with Crippen LogP contribution in [0.3, 0.4) is 0 Å². The van der Waals surface area contributed by atoms with Gasteiger partial charge in [0.05, 0.1) is 15.2 Å². The first-order valence-electron chi connectivity index (χ1n) is 11.1. The summed E-state index contributed by atoms with van der Waals surface area (Å²) in [6.45, 7) is 9.24. The van der Waals surface area contributed by atoms with Gasteiger partial charge in [-0.2, -0.15) is 0 Å². The van der Waals surface area contributed by atoms with E-state index in [0.29, 0.717) is 9.50 Å². The molecule has 1 aliphatic rings. The topological polar surface area (TPSA) is 127 Å². The average Bonchev–Trinajstić information content (AvgIpc) is 2.71. The fourth-order valence-electron chi connectivity index (χ4n) is 3.62. The first kappa shape index (κ1) is 29.0. The highest BCUT2D eigenvalue weighted by molar-refractivity contribution is 9.10. The van der Waals surface area contributed by atoms with Gasteiger partial charge in [0.15, 0.2) is 9.84 Å². The highest BCUT2D eigenvalue weighted by Crippen LogP contribution is 2.39. The van der Waals surface area contributed by atoms with Crippen molar-refractivity contribution in [1.82, 2.24) is 10.3 Å². The van der Waals surface area contributed by atoms with Crippen molar-refractivity contribution in [3.8, 4) is 0 Å². The maximum absolute atomic E-state index is 15.1. The average molecular weight is 618 g/mol. The van der Waals surface area contributed by atoms with Crippen LogP contribution >= 0.6 is 27.5 Å². The van der Waals surface area contributed by atoms with Crippen molar-refractivity contribution in [1.29, 1.82) is 0 Å². The summed E-state index contributed by atoms with van der Waals surface area (Å²) in [4.78, 5) is 33.7. The number of halogens is 3. The number of alkyl carbamates (subject to hydrolysis) is 1. The maximum atomic E-state index is 15.1. The molecule has 13 heteroatoms. The molecule has 2 aromatic rings. The van der Waals surface area contributed by atoms with Crippen molar-refractivity contribution in [3.05, 3.63) is 57.0 Å². The number of rotatable bonds is 3. The van der Waals surface area contributed by atoms with Crippen LogP contribution in [0.1, 0.15) is 57.6 Å². The lowest BCUT2D eigenvalue weighted by molar-refractivity contribution is 0.0560. The van der Waals surface area contributed by atoms with Crippen molar-refractivity contribution in [2.24, 2.45) is 4.99 Å². The Morgan fingerprint density at radius 2 is 1.81 bits per heavy atom. The maximum Gasteiger partial charge on any atom is 0.413 e. The number of nitrogens with one attached hydrogen (secondary N) is 2. The molecule has 0 spiro atoms. The number of hydrogen-bond donors (Lipinski definition) is 2. The Balaban J connectivity index is 2.02. The van der Waals surface area contributed by atoms with Crippen LogP contribution in [0.15, 0.2) is 39.9 Å². The molecular weight excluding hydrogens is 591 g/mol. The van der Waals surface area contributed by atoms with Gasteiger partial charge in [0.1, 0.15) is 33.2 Å². The van der Waals surface area contributed by atoms with E-state index in [1.165, 1.54) is 45.2 Å². The summed E-state index contributed by atoms with van der Waals surface area (Å²) < 4.78 is 45.8. The second-order valence-corrected chi connectivity index (χ2v) is 14.1. The molecule has 1 aliphatic heterocycles. The molecule has 37 heavy (non-hydrogen) atoms. The number of anilines is 1. The number of hydrogen-bond acceptors (Lipinski definition) is 7. The quantitative estimate of drug-likeness (QED) is 0.485. The third-order valence-corrected chi connectivity index (χ3v) is 9.13. The number of carbonyl (C=O) groups is 2. The third kappa shape index (κ3) is 6.29. The standard InChI is InChI=1S/C24H27BrClFN4O5S/c1-22(2,3)36-21(33)30-20-23(4,5)37(34,35)12-24(6,31-20)15-10-14(7-8-17(15)27)29-19(32)18-16(25)9-13(26)11-28-18/h7-11H,12H2,1-6H3,(H,29,32)(H,30,31,33)/t24-/m0/s1. The van der Waals surface area contributed by atoms with Gasteiger partial charge in [-0.15, -0.1) is 0 Å². The summed E-state index contributed by atoms with van der Waals surface area (Å²) in [5.74, 6) is -2.05. The van der Waals surface area contributed by atoms with E-state index in [1.54, 1.807) is 20.8 Å². The van der Waals surface area contributed by atoms with E-state index in [-0.39, 0.29) is 22.8 Å². The largest absolute Gasteiger partial charge is 0.444 e. The lowest BCUT2D eigenvalue weighted by atomic mass is 9.92. The Hall–Kier alpha value is -2.57. The molecule has 0 saturated heterocycles. The van der Waals surface area contributed by atoms with Crippen LogP contribution in [-0.4, -0.2) is 47.3 Å². The molecule has 2 amide bonds. The number of benzene rings is 1. The first-order valence-corrected chi connectivity index (χ1v) is 13.9. The molecule has 3 rings (SSSR count). The Morgan fingerprint density at radius 1 is 1.16 bits per heavy atom. The third-order valence-electron chi connectivity index (χ3n) is 5.62. The molecule has 2 N–H and O–H groups in total. The molecule has 0 bridgehead atoms. The number of pyridine rings is 1. The van der Waals surface area contributed by atoms with E-state index >= 15 is 4.39 Å². The van der Waals surface area contributed by atoms with Crippen molar-refractivity contribution < 1.29 is 27.1 Å². The summed E-state index contributed by atoms with van der Waals surface area (Å²) in [7, 11) is -3.94. The molecular formula is C24H27BrClFN4O5S. The number of aromatic nitrogens is 1. The molecule has 0 radical (unpaired) electrons. The molecule has 0 unspecified atom stereocenters. The van der Waals surface area contributed by atoms with E-state index < -0.39 is 49.3 Å². The van der Waals surface area contributed by atoms with Crippen molar-refractivity contribution >= 4 is 60.9 Å². The fourth-order valence-corrected chi connectivity index (χ4v) is 6.15. The SMILES string of the molecule is CC(C)(C)OC(=O)NC1=N[C@](C)(c2cc(NC(=O)c3ncc(Cl)cc3Br)ccc2F)CS(=O)(=O)C1(C)C. The molecule has 0 aliphatic carbocycles. The minimum absolute atomic E-state index is 0.0466. The van der Waals surface area contributed by atoms with Crippen LogP contribution in [0, 0.1) is 5.82 Å². The van der Waals surface area contributed by atoms with Gasteiger partial charge >= 0.3 is 6.09 Å². The Morgan fingerprint density at radius 3 is 2.41 bits per heavy atom. The van der Waals surface area contributed by atoms with Crippen molar-refractivity contribution in [3.63, 3.8) is 0 Å². The number of ether oxygens (including phenoxy) is 1. The van der Waals surface area contributed by atoms with E-state index in [1.807, 2.05) is 0 Å². The molecule has 9 nitrogen and oxygen atoms in total. The highest BCUT2D eigenvalue weighted by atomic mass is 79.9. The van der Waals surface area contributed by atoms with Crippen molar-refractivity contribution in [2.45, 2.75) is 57.4 Å². The second-order valence-electron chi connectivity index (χ2n) is 10.3. The molecule has 200 valence electrons. The van der Waals surface area contributed by atoms with Crippen LogP contribution < -0.4 is 10.6 Å². The Kier molecular flexibility index (Phi) is 7.80. The summed E-state index contributed by atoms with van der Waals surface area (Å²) in [5.41, 5.74) is -2.31. The van der Waals surface area contributed by atoms with Crippen LogP contribution in [-0.2, 0) is 20.1 Å². The smallest absolute Gasteiger partial charge is 0.413 e. The minimum Gasteiger partial charge on any atom is -0.444 e. The van der Waals surface area contributed by atoms with Gasteiger partial charge in [-0.05, 0) is 81.7 Å². The van der Waals surface area contributed by atoms with Gasteiger partial charge in [0.2, 0.25) is 0 Å². The summed E-state index contributed by atoms with van der Waals surface area (Å²) >= 11 is 9.11. The van der Waals surface area contributed by atoms with Crippen LogP contribution in [0.2, 0.25) is 5.02 Å². The monoisotopic (exact) mass is 616 g/mol. The van der Waals surface area contributed by atoms with Gasteiger partial charge in [-0.3, -0.25) is 15.1 Å². The van der Waals surface area contributed by atoms with Crippen LogP contribution in [0.4, 0.5) is 14.9 Å².